The monoisotopic (exact) mass is 1170 g/mol. The van der Waals surface area contributed by atoms with Gasteiger partial charge in [-0.3, -0.25) is 13.7 Å². The second-order valence-electron chi connectivity index (χ2n) is 22.9. The van der Waals surface area contributed by atoms with Crippen molar-refractivity contribution in [2.24, 2.45) is 0 Å². The first-order chi connectivity index (χ1) is 53.9. The molecule has 0 atom stereocenters. The minimum absolute atomic E-state index is 0.0844. The predicted molar refractivity (Wildman–Crippen MR) is 364 cm³/mol. The highest BCUT2D eigenvalue weighted by atomic mass is 28.3. The molecule has 0 spiro atoms. The first kappa shape index (κ1) is 31.8. The smallest absolute Gasteiger partial charge is 0.269 e. The highest BCUT2D eigenvalue weighted by Crippen LogP contribution is 2.39. The summed E-state index contributed by atoms with van der Waals surface area (Å²) in [6.45, 7) is 9.57. The molecule has 0 saturated heterocycles. The number of rotatable bonds is 12. The molecule has 0 bridgehead atoms. The Hall–Kier alpha value is -10.1. The molecule has 14 aromatic rings. The zero-order valence-electron chi connectivity index (χ0n) is 75.9. The molecule has 6 heteroatoms. The second kappa shape index (κ2) is 22.0. The van der Waals surface area contributed by atoms with Gasteiger partial charge in [0, 0.05) is 32.7 Å². The molecular weight excluding hydrogens is 1070 g/mol. The van der Waals surface area contributed by atoms with Gasteiger partial charge < -0.3 is 4.74 Å². The molecule has 87 heavy (non-hydrogen) atoms. The van der Waals surface area contributed by atoms with Gasteiger partial charge in [-0.15, -0.1) is 0 Å². The van der Waals surface area contributed by atoms with Gasteiger partial charge in [0.25, 0.3) is 6.33 Å². The summed E-state index contributed by atoms with van der Waals surface area (Å²) in [5.41, 5.74) is 2.05. The van der Waals surface area contributed by atoms with Gasteiger partial charge in [0.05, 0.1) is 67.7 Å². The zero-order chi connectivity index (χ0) is 83.7. The normalized spacial score (nSPS) is 16.8. The van der Waals surface area contributed by atoms with Crippen molar-refractivity contribution in [1.29, 1.82) is 0 Å². The number of benzene rings is 11. The van der Waals surface area contributed by atoms with Gasteiger partial charge in [0.2, 0.25) is 0 Å². The van der Waals surface area contributed by atoms with Crippen LogP contribution in [-0.4, -0.2) is 22.2 Å². The highest BCUT2D eigenvalue weighted by Gasteiger charge is 2.44. The number of para-hydroxylation sites is 2. The summed E-state index contributed by atoms with van der Waals surface area (Å²) < 4.78 is 271. The molecule has 0 aliphatic heterocycles. The Morgan fingerprint density at radius 3 is 1.68 bits per heavy atom. The van der Waals surface area contributed by atoms with Crippen molar-refractivity contribution in [3.05, 3.63) is 308 Å². The van der Waals surface area contributed by atoms with Gasteiger partial charge in [0.15, 0.2) is 8.07 Å². The summed E-state index contributed by atoms with van der Waals surface area (Å²) in [6.07, 6.45) is 4.64. The van der Waals surface area contributed by atoms with E-state index in [1.54, 1.807) is 75.9 Å². The van der Waals surface area contributed by atoms with Gasteiger partial charge in [-0.05, 0) is 131 Å². The molecular formula is C81H68N4OSi. The number of fused-ring (bicyclic) bond motifs is 4. The Kier molecular flexibility index (Phi) is 8.07. The lowest BCUT2D eigenvalue weighted by Crippen LogP contribution is -2.76. The summed E-state index contributed by atoms with van der Waals surface area (Å²) in [4.78, 5) is 4.73. The molecule has 0 N–H and O–H groups in total. The van der Waals surface area contributed by atoms with Crippen LogP contribution in [0.3, 0.4) is 0 Å². The van der Waals surface area contributed by atoms with Crippen LogP contribution in [0, 0.1) is 13.2 Å². The van der Waals surface area contributed by atoms with E-state index in [2.05, 4.69) is 66.1 Å². The number of imidazole rings is 1. The Balaban J connectivity index is 1.10. The standard InChI is InChI=1S/C81H68N4OSi/c1-56-47-78(82-54-72(56)58-29-15-9-16-30-58)85-73-41-24-23-39-70(73)71-45-44-65(53-75(71)85)86-64-32-25-31-63(52-64)83-55-84(74-46-43-59(50-76(74)83)60-48-61(80(2,3)4)51-62(49-60)81(5,6)7)79-69(57-27-13-8-14-28-57)40-26-42-77(79)87(66-33-17-10-18-34-66,67-35-19-11-20-36-67)68-37-21-12-22-38-68/h8-54H,1-7H3/i1D3,8D,9D,10D,11D,12D,13D,14D,15D,16D,17D,18D,19D,20D,21D,22D,27D,28D,29D,30D,33D,34D,35D,36D,37D,38D. The Labute approximate surface area is 551 Å². The zero-order valence-corrected chi connectivity index (χ0v) is 48.9. The largest absolute Gasteiger partial charge is 0.458 e. The van der Waals surface area contributed by atoms with Gasteiger partial charge in [-0.25, -0.2) is 4.98 Å². The first-order valence-electron chi connectivity index (χ1n) is 41.9. The van der Waals surface area contributed by atoms with Crippen molar-refractivity contribution in [2.45, 2.75) is 59.2 Å². The number of hydrogen-bond acceptors (Lipinski definition) is 2. The number of aromatic nitrogens is 4. The van der Waals surface area contributed by atoms with Crippen LogP contribution in [0.1, 0.15) is 96.6 Å². The number of hydrogen-bond donors (Lipinski definition) is 0. The fourth-order valence-corrected chi connectivity index (χ4v) is 15.3. The van der Waals surface area contributed by atoms with Crippen LogP contribution in [0.5, 0.6) is 11.5 Å². The molecule has 0 saturated carbocycles. The molecule has 14 rings (SSSR count). The van der Waals surface area contributed by atoms with Crippen LogP contribution < -0.4 is 30.1 Å². The van der Waals surface area contributed by atoms with Crippen molar-refractivity contribution in [3.63, 3.8) is 0 Å². The van der Waals surface area contributed by atoms with Gasteiger partial charge >= 0.3 is 0 Å². The van der Waals surface area contributed by atoms with E-state index < -0.39 is 203 Å². The molecule has 0 radical (unpaired) electrons. The molecule has 0 fully saturated rings. The van der Waals surface area contributed by atoms with E-state index in [1.807, 2.05) is 18.2 Å². The summed E-state index contributed by atoms with van der Waals surface area (Å²) in [5, 5.41) is -1.66. The minimum atomic E-state index is -6.19. The van der Waals surface area contributed by atoms with Crippen LogP contribution in [0.4, 0.5) is 0 Å². The average molecular weight is 1170 g/mol. The number of aryl methyl sites for hydroxylation is 1. The maximum absolute atomic E-state index is 10.1. The third-order valence-corrected chi connectivity index (χ3v) is 19.8. The van der Waals surface area contributed by atoms with Gasteiger partial charge in [-0.1, -0.05) is 265 Å². The lowest BCUT2D eigenvalue weighted by molar-refractivity contribution is -0.570. The summed E-state index contributed by atoms with van der Waals surface area (Å²) >= 11 is 0. The van der Waals surface area contributed by atoms with Gasteiger partial charge in [-0.2, -0.15) is 0 Å². The number of pyridine rings is 1. The fraction of sp³-hybridized carbons (Fsp3) is 0.111. The summed E-state index contributed by atoms with van der Waals surface area (Å²) in [6, 6.07) is 12.8. The van der Waals surface area contributed by atoms with Crippen LogP contribution in [-0.2, 0) is 10.8 Å². The predicted octanol–water partition coefficient (Wildman–Crippen LogP) is 17.3. The Morgan fingerprint density at radius 2 is 1.06 bits per heavy atom. The van der Waals surface area contributed by atoms with Crippen molar-refractivity contribution in [3.8, 4) is 62.1 Å². The SMILES string of the molecule is [2H]c1c([2H])c([2H])c(-c2cnc(-n3c4ccccc4c4ccc(Oc5cccc(-n6[c-][n+](-c7c(-c8c([2H])c([2H])c([2H])c([2H])c8[2H])cccc7[Si](c7c([2H])c([2H])c([2H])c([2H])c7[2H])(c7c([2H])c([2H])c([2H])c([2H])c7[2H])c7c([2H])c([2H])c([2H])c([2H])c7[2H])c7ccc(-c8cc(C(C)(C)C)cc(C(C)(C)C)c8)cc76)c5)cc43)cc2C([2H])([2H])[2H])c([2H])c1[2H]. The van der Waals surface area contributed by atoms with E-state index in [-0.39, 0.29) is 62.0 Å². The van der Waals surface area contributed by atoms with Crippen molar-refractivity contribution < 1.29 is 47.7 Å². The second-order valence-corrected chi connectivity index (χ2v) is 26.5. The molecule has 3 heterocycles. The average Bonchev–Trinajstić information content (AvgIpc) is 0.957. The first-order valence-corrected chi connectivity index (χ1v) is 29.9. The van der Waals surface area contributed by atoms with Crippen LogP contribution in [0.15, 0.2) is 285 Å². The van der Waals surface area contributed by atoms with Crippen LogP contribution in [0.2, 0.25) is 0 Å². The third kappa shape index (κ3) is 9.96. The molecule has 0 amide bonds. The van der Waals surface area contributed by atoms with E-state index in [9.17, 15) is 21.9 Å². The lowest BCUT2D eigenvalue weighted by atomic mass is 9.79. The summed E-state index contributed by atoms with van der Waals surface area (Å²) in [7, 11) is -6.19. The molecule has 0 unspecified atom stereocenters. The number of ether oxygens (including phenoxy) is 1. The molecule has 422 valence electrons. The van der Waals surface area contributed by atoms with Crippen molar-refractivity contribution in [2.75, 3.05) is 0 Å². The summed E-state index contributed by atoms with van der Waals surface area (Å²) in [5.74, 6) is 0.478. The Morgan fingerprint density at radius 1 is 0.483 bits per heavy atom. The van der Waals surface area contributed by atoms with E-state index >= 15 is 0 Å². The molecule has 0 aliphatic carbocycles. The number of nitrogens with zero attached hydrogens (tertiary/aromatic N) is 4. The molecule has 11 aromatic carbocycles. The maximum Gasteiger partial charge on any atom is 0.269 e. The lowest BCUT2D eigenvalue weighted by Gasteiger charge is -2.36. The van der Waals surface area contributed by atoms with Crippen LogP contribution >= 0.6 is 0 Å². The highest BCUT2D eigenvalue weighted by molar-refractivity contribution is 7.20. The third-order valence-electron chi connectivity index (χ3n) is 15.6. The Bertz CT molecular complexity index is 6210. The van der Waals surface area contributed by atoms with E-state index in [0.29, 0.717) is 27.4 Å². The molecule has 0 aliphatic rings. The quantitative estimate of drug-likeness (QED) is 0.0529. The minimum Gasteiger partial charge on any atom is -0.458 e. The molecule has 3 aromatic heterocycles. The fourth-order valence-electron chi connectivity index (χ4n) is 11.3. The maximum atomic E-state index is 10.1. The van der Waals surface area contributed by atoms with E-state index in [1.165, 1.54) is 35.0 Å². The molecule has 5 nitrogen and oxygen atoms in total. The van der Waals surface area contributed by atoms with E-state index in [4.69, 9.17) is 26.2 Å². The van der Waals surface area contributed by atoms with Crippen molar-refractivity contribution in [1.82, 2.24) is 14.1 Å². The van der Waals surface area contributed by atoms with Crippen LogP contribution in [0.25, 0.3) is 83.4 Å². The van der Waals surface area contributed by atoms with Gasteiger partial charge in [0.1, 0.15) is 17.3 Å². The van der Waals surface area contributed by atoms with E-state index in [0.717, 1.165) is 16.7 Å². The topological polar surface area (TPSA) is 35.9 Å². The van der Waals surface area contributed by atoms with Crippen molar-refractivity contribution >= 4 is 61.7 Å².